The molecule has 2 unspecified atom stereocenters. The SMILES string of the molecule is C#CCCC(C)[C@H]1CC[C@H]2C3=CC=C4CC(O)CC[C@]4(C)[C@H]3CC[C@]12C. The zero-order valence-electron chi connectivity index (χ0n) is 16.9. The molecule has 0 spiro atoms. The topological polar surface area (TPSA) is 20.2 Å². The average molecular weight is 353 g/mol. The molecule has 142 valence electrons. The summed E-state index contributed by atoms with van der Waals surface area (Å²) in [6.45, 7) is 7.52. The van der Waals surface area contributed by atoms with Gasteiger partial charge in [0.1, 0.15) is 0 Å². The molecular formula is C25H36O. The summed E-state index contributed by atoms with van der Waals surface area (Å²) in [5.41, 5.74) is 4.04. The third-order valence-corrected chi connectivity index (χ3v) is 9.05. The van der Waals surface area contributed by atoms with E-state index in [0.717, 1.165) is 43.4 Å². The van der Waals surface area contributed by atoms with Gasteiger partial charge >= 0.3 is 0 Å². The molecule has 1 N–H and O–H groups in total. The molecule has 26 heavy (non-hydrogen) atoms. The molecule has 1 nitrogen and oxygen atoms in total. The van der Waals surface area contributed by atoms with Crippen LogP contribution < -0.4 is 0 Å². The minimum atomic E-state index is -0.119. The summed E-state index contributed by atoms with van der Waals surface area (Å²) in [5.74, 6) is 5.90. The van der Waals surface area contributed by atoms with Crippen molar-refractivity contribution in [3.8, 4) is 12.3 Å². The summed E-state index contributed by atoms with van der Waals surface area (Å²) >= 11 is 0. The predicted molar refractivity (Wildman–Crippen MR) is 108 cm³/mol. The van der Waals surface area contributed by atoms with Gasteiger partial charge in [-0.25, -0.2) is 0 Å². The molecule has 0 bridgehead atoms. The van der Waals surface area contributed by atoms with Crippen molar-refractivity contribution in [3.05, 3.63) is 23.3 Å². The van der Waals surface area contributed by atoms with E-state index in [2.05, 4.69) is 38.8 Å². The highest BCUT2D eigenvalue weighted by Gasteiger charge is 2.56. The molecule has 0 aliphatic heterocycles. The lowest BCUT2D eigenvalue weighted by molar-refractivity contribution is 0.0328. The van der Waals surface area contributed by atoms with Crippen molar-refractivity contribution in [2.45, 2.75) is 84.7 Å². The Labute approximate surface area is 160 Å². The summed E-state index contributed by atoms with van der Waals surface area (Å²) in [6, 6.07) is 0. The first kappa shape index (κ1) is 18.4. The number of allylic oxidation sites excluding steroid dienone is 3. The summed E-state index contributed by atoms with van der Waals surface area (Å²) in [6.07, 6.45) is 20.9. The molecule has 0 heterocycles. The Kier molecular flexibility index (Phi) is 4.63. The van der Waals surface area contributed by atoms with Crippen LogP contribution in [0, 0.1) is 46.8 Å². The van der Waals surface area contributed by atoms with Crippen LogP contribution in [-0.4, -0.2) is 11.2 Å². The van der Waals surface area contributed by atoms with Crippen LogP contribution in [0.15, 0.2) is 23.3 Å². The van der Waals surface area contributed by atoms with Gasteiger partial charge in [-0.15, -0.1) is 12.3 Å². The van der Waals surface area contributed by atoms with Crippen LogP contribution in [-0.2, 0) is 0 Å². The van der Waals surface area contributed by atoms with Gasteiger partial charge in [-0.05, 0) is 85.9 Å². The van der Waals surface area contributed by atoms with Gasteiger partial charge in [-0.3, -0.25) is 0 Å². The van der Waals surface area contributed by atoms with Gasteiger partial charge in [0.2, 0.25) is 0 Å². The first-order valence-corrected chi connectivity index (χ1v) is 10.9. The Morgan fingerprint density at radius 1 is 1.15 bits per heavy atom. The largest absolute Gasteiger partial charge is 0.393 e. The molecule has 0 saturated heterocycles. The maximum Gasteiger partial charge on any atom is 0.0578 e. The quantitative estimate of drug-likeness (QED) is 0.627. The minimum absolute atomic E-state index is 0.119. The minimum Gasteiger partial charge on any atom is -0.393 e. The van der Waals surface area contributed by atoms with Gasteiger partial charge in [-0.2, -0.15) is 0 Å². The molecule has 4 aliphatic carbocycles. The summed E-state index contributed by atoms with van der Waals surface area (Å²) in [4.78, 5) is 0. The molecule has 3 saturated carbocycles. The van der Waals surface area contributed by atoms with E-state index in [1.165, 1.54) is 37.7 Å². The van der Waals surface area contributed by atoms with Gasteiger partial charge in [-0.1, -0.05) is 44.1 Å². The zero-order valence-corrected chi connectivity index (χ0v) is 16.9. The van der Waals surface area contributed by atoms with E-state index >= 15 is 0 Å². The number of terminal acetylenes is 1. The Balaban J connectivity index is 1.62. The van der Waals surface area contributed by atoms with Crippen LogP contribution in [0.5, 0.6) is 0 Å². The standard InChI is InChI=1S/C25H36O/c1-5-6-7-17(2)21-10-11-22-20-9-8-18-16-19(26)12-14-24(18,3)23(20)13-15-25(21,22)4/h1,8-9,17,19,21-23,26H,6-7,10-16H2,2-4H3/t17?,19?,21-,22+,23+,24+,25-/m1/s1. The van der Waals surface area contributed by atoms with Gasteiger partial charge in [0, 0.05) is 6.42 Å². The van der Waals surface area contributed by atoms with E-state index < -0.39 is 0 Å². The van der Waals surface area contributed by atoms with Crippen LogP contribution in [0.25, 0.3) is 0 Å². The second kappa shape index (κ2) is 6.56. The number of rotatable bonds is 3. The third-order valence-electron chi connectivity index (χ3n) is 9.05. The van der Waals surface area contributed by atoms with Crippen molar-refractivity contribution in [1.82, 2.24) is 0 Å². The second-order valence-corrected chi connectivity index (χ2v) is 10.2. The van der Waals surface area contributed by atoms with Crippen molar-refractivity contribution in [3.63, 3.8) is 0 Å². The Bertz CT molecular complexity index is 664. The van der Waals surface area contributed by atoms with Crippen molar-refractivity contribution < 1.29 is 5.11 Å². The molecule has 3 fully saturated rings. The van der Waals surface area contributed by atoms with Gasteiger partial charge in [0.05, 0.1) is 6.10 Å². The van der Waals surface area contributed by atoms with Gasteiger partial charge in [0.25, 0.3) is 0 Å². The van der Waals surface area contributed by atoms with Crippen LogP contribution in [0.4, 0.5) is 0 Å². The first-order chi connectivity index (χ1) is 12.4. The molecule has 1 heteroatoms. The maximum atomic E-state index is 10.1. The number of aliphatic hydroxyl groups is 1. The van der Waals surface area contributed by atoms with E-state index in [9.17, 15) is 5.11 Å². The monoisotopic (exact) mass is 352 g/mol. The van der Waals surface area contributed by atoms with Crippen molar-refractivity contribution in [1.29, 1.82) is 0 Å². The normalized spacial score (nSPS) is 45.5. The van der Waals surface area contributed by atoms with Gasteiger partial charge < -0.3 is 5.11 Å². The van der Waals surface area contributed by atoms with E-state index in [-0.39, 0.29) is 6.10 Å². The lowest BCUT2D eigenvalue weighted by atomic mass is 9.50. The average Bonchev–Trinajstić information content (AvgIpc) is 2.97. The Morgan fingerprint density at radius 2 is 1.96 bits per heavy atom. The molecule has 4 aliphatic rings. The fraction of sp³-hybridized carbons (Fsp3) is 0.760. The highest BCUT2D eigenvalue weighted by molar-refractivity contribution is 5.38. The highest BCUT2D eigenvalue weighted by Crippen LogP contribution is 2.66. The van der Waals surface area contributed by atoms with E-state index in [1.807, 2.05) is 0 Å². The number of hydrogen-bond donors (Lipinski definition) is 1. The predicted octanol–water partition coefficient (Wildman–Crippen LogP) is 5.90. The summed E-state index contributed by atoms with van der Waals surface area (Å²) < 4.78 is 0. The van der Waals surface area contributed by atoms with Crippen molar-refractivity contribution >= 4 is 0 Å². The second-order valence-electron chi connectivity index (χ2n) is 10.2. The zero-order chi connectivity index (χ0) is 18.5. The molecule has 0 aromatic carbocycles. The molecule has 4 rings (SSSR count). The summed E-state index contributed by atoms with van der Waals surface area (Å²) in [5, 5.41) is 10.1. The van der Waals surface area contributed by atoms with Crippen LogP contribution in [0.2, 0.25) is 0 Å². The summed E-state index contributed by atoms with van der Waals surface area (Å²) in [7, 11) is 0. The van der Waals surface area contributed by atoms with E-state index in [0.29, 0.717) is 16.7 Å². The highest BCUT2D eigenvalue weighted by atomic mass is 16.3. The van der Waals surface area contributed by atoms with Crippen molar-refractivity contribution in [2.75, 3.05) is 0 Å². The molecule has 0 aromatic heterocycles. The van der Waals surface area contributed by atoms with E-state index in [4.69, 9.17) is 6.42 Å². The number of aliphatic hydroxyl groups excluding tert-OH is 1. The van der Waals surface area contributed by atoms with Crippen molar-refractivity contribution in [2.24, 2.45) is 34.5 Å². The lowest BCUT2D eigenvalue weighted by Gasteiger charge is -2.55. The van der Waals surface area contributed by atoms with E-state index in [1.54, 1.807) is 5.57 Å². The molecule has 0 aromatic rings. The van der Waals surface area contributed by atoms with Crippen LogP contribution in [0.3, 0.4) is 0 Å². The molecule has 0 radical (unpaired) electrons. The van der Waals surface area contributed by atoms with Crippen LogP contribution >= 0.6 is 0 Å². The Hall–Kier alpha value is -1.00. The molecule has 7 atom stereocenters. The third kappa shape index (κ3) is 2.63. The number of fused-ring (bicyclic) bond motifs is 5. The Morgan fingerprint density at radius 3 is 2.73 bits per heavy atom. The molecule has 0 amide bonds. The fourth-order valence-corrected chi connectivity index (χ4v) is 7.47. The first-order valence-electron chi connectivity index (χ1n) is 10.9. The van der Waals surface area contributed by atoms with Crippen LogP contribution in [0.1, 0.15) is 78.6 Å². The number of hydrogen-bond acceptors (Lipinski definition) is 1. The lowest BCUT2D eigenvalue weighted by Crippen LogP contribution is -2.46. The maximum absolute atomic E-state index is 10.1. The fourth-order valence-electron chi connectivity index (χ4n) is 7.47. The smallest absolute Gasteiger partial charge is 0.0578 e. The van der Waals surface area contributed by atoms with Gasteiger partial charge in [0.15, 0.2) is 0 Å². The molecular weight excluding hydrogens is 316 g/mol.